The van der Waals surface area contributed by atoms with E-state index >= 15 is 0 Å². The fourth-order valence-electron chi connectivity index (χ4n) is 4.37. The lowest BCUT2D eigenvalue weighted by Crippen LogP contribution is -2.42. The van der Waals surface area contributed by atoms with E-state index < -0.39 is 27.9 Å². The zero-order chi connectivity index (χ0) is 27.8. The molecule has 5 rings (SSSR count). The summed E-state index contributed by atoms with van der Waals surface area (Å²) in [7, 11) is -3.04. The Hall–Kier alpha value is -3.33. The van der Waals surface area contributed by atoms with Crippen molar-refractivity contribution in [3.8, 4) is 0 Å². The van der Waals surface area contributed by atoms with E-state index in [-0.39, 0.29) is 21.3 Å². The topological polar surface area (TPSA) is 51.0 Å². The number of aryl methyl sites for hydroxylation is 1. The Balaban J connectivity index is 1.54. The minimum Gasteiger partial charge on any atom is -0.374 e. The Labute approximate surface area is 234 Å². The van der Waals surface area contributed by atoms with Crippen LogP contribution in [-0.4, -0.2) is 16.1 Å². The summed E-state index contributed by atoms with van der Waals surface area (Å²) in [6, 6.07) is 26.4. The lowest BCUT2D eigenvalue weighted by Gasteiger charge is -2.29. The molecule has 1 aliphatic heterocycles. The number of nitrogens with zero attached hydrogens (tertiary/aromatic N) is 2. The minimum absolute atomic E-state index is 0.0559. The number of alkyl halides is 3. The molecule has 0 N–H and O–H groups in total. The predicted octanol–water partition coefficient (Wildman–Crippen LogP) is 9.10. The van der Waals surface area contributed by atoms with E-state index in [2.05, 4.69) is 9.52 Å². The summed E-state index contributed by atoms with van der Waals surface area (Å²) >= 11 is 12.0. The predicted molar refractivity (Wildman–Crippen MR) is 147 cm³/mol. The first kappa shape index (κ1) is 27.2. The number of oxime groups is 1. The lowest BCUT2D eigenvalue weighted by atomic mass is 9.86. The lowest BCUT2D eigenvalue weighted by molar-refractivity contribution is -0.275. The van der Waals surface area contributed by atoms with Gasteiger partial charge < -0.3 is 4.84 Å². The monoisotopic (exact) mass is 588 g/mol. The Morgan fingerprint density at radius 1 is 0.872 bits per heavy atom. The third-order valence-corrected chi connectivity index (χ3v) is 9.11. The molecule has 0 saturated carbocycles. The van der Waals surface area contributed by atoms with Crippen molar-refractivity contribution in [3.63, 3.8) is 0 Å². The second-order valence-corrected chi connectivity index (χ2v) is 12.1. The average Bonchev–Trinajstić information content (AvgIpc) is 3.38. The van der Waals surface area contributed by atoms with Gasteiger partial charge in [-0.15, -0.1) is 0 Å². The standard InChI is InChI=1S/C29H21Cl2F3N2O2S/c1-19-14-20(27-18-28(38-35-27,29(32,33)34)21-15-22(30)17-23(31)16-21)12-13-26(19)36-39(37,24-8-4-2-5-9-24)25-10-6-3-7-11-25/h2-17H,18H2,1H3. The normalized spacial score (nSPS) is 17.4. The van der Waals surface area contributed by atoms with Crippen molar-refractivity contribution in [2.45, 2.75) is 34.9 Å². The Bertz CT molecular complexity index is 1620. The molecule has 10 heteroatoms. The van der Waals surface area contributed by atoms with E-state index in [9.17, 15) is 17.4 Å². The summed E-state index contributed by atoms with van der Waals surface area (Å²) in [5.41, 5.74) is -1.38. The number of benzene rings is 4. The molecule has 4 aromatic carbocycles. The highest BCUT2D eigenvalue weighted by Crippen LogP contribution is 2.50. The van der Waals surface area contributed by atoms with Crippen LogP contribution in [0.5, 0.6) is 0 Å². The van der Waals surface area contributed by atoms with Crippen LogP contribution in [0.4, 0.5) is 18.9 Å². The van der Waals surface area contributed by atoms with Gasteiger partial charge in [-0.2, -0.15) is 17.5 Å². The van der Waals surface area contributed by atoms with Crippen LogP contribution in [0.1, 0.15) is 23.1 Å². The largest absolute Gasteiger partial charge is 0.435 e. The molecule has 1 heterocycles. The quantitative estimate of drug-likeness (QED) is 0.233. The van der Waals surface area contributed by atoms with Gasteiger partial charge in [0.15, 0.2) is 0 Å². The Kier molecular flexibility index (Phi) is 7.22. The first-order valence-electron chi connectivity index (χ1n) is 11.8. The molecule has 0 aromatic heterocycles. The van der Waals surface area contributed by atoms with Gasteiger partial charge in [-0.1, -0.05) is 70.8 Å². The molecule has 1 unspecified atom stereocenters. The van der Waals surface area contributed by atoms with Crippen molar-refractivity contribution in [2.24, 2.45) is 9.52 Å². The molecule has 0 saturated heterocycles. The van der Waals surface area contributed by atoms with Crippen LogP contribution in [0.15, 0.2) is 116 Å². The maximum Gasteiger partial charge on any atom is 0.435 e. The first-order valence-corrected chi connectivity index (χ1v) is 14.1. The van der Waals surface area contributed by atoms with Crippen LogP contribution in [0.2, 0.25) is 10.0 Å². The maximum atomic E-state index is 14.4. The summed E-state index contributed by atoms with van der Waals surface area (Å²) in [6.07, 6.45) is -5.37. The zero-order valence-electron chi connectivity index (χ0n) is 20.5. The van der Waals surface area contributed by atoms with Gasteiger partial charge in [0.25, 0.3) is 5.60 Å². The van der Waals surface area contributed by atoms with Crippen LogP contribution in [-0.2, 0) is 20.2 Å². The van der Waals surface area contributed by atoms with Crippen molar-refractivity contribution in [2.75, 3.05) is 0 Å². The summed E-state index contributed by atoms with van der Waals surface area (Å²) in [4.78, 5) is 6.20. The molecule has 0 spiro atoms. The number of halogens is 5. The fraction of sp³-hybridized carbons (Fsp3) is 0.138. The van der Waals surface area contributed by atoms with Gasteiger partial charge in [0.2, 0.25) is 0 Å². The average molecular weight is 589 g/mol. The molecule has 0 radical (unpaired) electrons. The summed E-state index contributed by atoms with van der Waals surface area (Å²) in [6.45, 7) is 1.75. The minimum atomic E-state index is -4.80. The molecule has 200 valence electrons. The smallest absolute Gasteiger partial charge is 0.374 e. The molecule has 0 amide bonds. The fourth-order valence-corrected chi connectivity index (χ4v) is 6.92. The maximum absolute atomic E-state index is 14.4. The SMILES string of the molecule is Cc1cc(C2=NOC(c3cc(Cl)cc(Cl)c3)(C(F)(F)F)C2)ccc1N=S(=O)(c1ccccc1)c1ccccc1. The van der Waals surface area contributed by atoms with E-state index in [0.717, 1.165) is 0 Å². The van der Waals surface area contributed by atoms with E-state index in [4.69, 9.17) is 28.0 Å². The van der Waals surface area contributed by atoms with Crippen molar-refractivity contribution in [1.82, 2.24) is 0 Å². The molecule has 0 aliphatic carbocycles. The van der Waals surface area contributed by atoms with E-state index in [1.54, 1.807) is 73.7 Å². The highest BCUT2D eigenvalue weighted by molar-refractivity contribution is 7.93. The molecule has 4 aromatic rings. The van der Waals surface area contributed by atoms with Gasteiger partial charge >= 0.3 is 6.18 Å². The number of hydrogen-bond acceptors (Lipinski definition) is 4. The second-order valence-electron chi connectivity index (χ2n) is 9.03. The van der Waals surface area contributed by atoms with Gasteiger partial charge in [-0.05, 0) is 72.6 Å². The van der Waals surface area contributed by atoms with Crippen LogP contribution < -0.4 is 0 Å². The van der Waals surface area contributed by atoms with Crippen molar-refractivity contribution in [1.29, 1.82) is 0 Å². The zero-order valence-corrected chi connectivity index (χ0v) is 22.8. The van der Waals surface area contributed by atoms with E-state index in [1.807, 2.05) is 12.1 Å². The van der Waals surface area contributed by atoms with Crippen LogP contribution in [0, 0.1) is 6.92 Å². The summed E-state index contributed by atoms with van der Waals surface area (Å²) < 4.78 is 62.1. The molecular formula is C29H21Cl2F3N2O2S. The molecule has 0 bridgehead atoms. The highest BCUT2D eigenvalue weighted by Gasteiger charge is 2.62. The van der Waals surface area contributed by atoms with Crippen molar-refractivity contribution < 1.29 is 22.2 Å². The summed E-state index contributed by atoms with van der Waals surface area (Å²) in [5, 5.41) is 3.94. The van der Waals surface area contributed by atoms with Crippen LogP contribution >= 0.6 is 23.2 Å². The third-order valence-electron chi connectivity index (χ3n) is 6.40. The second kappa shape index (κ2) is 10.3. The van der Waals surface area contributed by atoms with Gasteiger partial charge in [0, 0.05) is 22.0 Å². The van der Waals surface area contributed by atoms with Gasteiger partial charge in [-0.25, -0.2) is 4.21 Å². The molecule has 1 aliphatic rings. The van der Waals surface area contributed by atoms with E-state index in [0.29, 0.717) is 26.6 Å². The molecule has 4 nitrogen and oxygen atoms in total. The summed E-state index contributed by atoms with van der Waals surface area (Å²) in [5.74, 6) is 0. The molecule has 1 atom stereocenters. The molecule has 0 fully saturated rings. The Morgan fingerprint density at radius 2 is 1.44 bits per heavy atom. The molecular weight excluding hydrogens is 568 g/mol. The van der Waals surface area contributed by atoms with Gasteiger partial charge in [0.1, 0.15) is 9.73 Å². The molecule has 39 heavy (non-hydrogen) atoms. The van der Waals surface area contributed by atoms with Gasteiger partial charge in [0.05, 0.1) is 21.2 Å². The van der Waals surface area contributed by atoms with Crippen LogP contribution in [0.25, 0.3) is 0 Å². The number of rotatable bonds is 5. The van der Waals surface area contributed by atoms with E-state index in [1.165, 1.54) is 18.2 Å². The van der Waals surface area contributed by atoms with Crippen LogP contribution in [0.3, 0.4) is 0 Å². The van der Waals surface area contributed by atoms with Crippen molar-refractivity contribution in [3.05, 3.63) is 124 Å². The Morgan fingerprint density at radius 3 is 1.95 bits per heavy atom. The highest BCUT2D eigenvalue weighted by atomic mass is 35.5. The van der Waals surface area contributed by atoms with Gasteiger partial charge in [-0.3, -0.25) is 0 Å². The number of hydrogen-bond donors (Lipinski definition) is 0. The first-order chi connectivity index (χ1) is 18.5. The van der Waals surface area contributed by atoms with Crippen molar-refractivity contribution >= 4 is 44.3 Å². The third kappa shape index (κ3) is 5.16.